The zero-order valence-electron chi connectivity index (χ0n) is 15.8. The molecular weight excluding hydrogens is 349 g/mol. The van der Waals surface area contributed by atoms with Crippen LogP contribution in [0, 0.1) is 26.6 Å². The number of anilines is 1. The van der Waals surface area contributed by atoms with Crippen LogP contribution in [0.5, 0.6) is 0 Å². The highest BCUT2D eigenvalue weighted by molar-refractivity contribution is 6.43. The summed E-state index contributed by atoms with van der Waals surface area (Å²) in [5, 5.41) is 5.06. The molecule has 0 aliphatic heterocycles. The molecule has 7 heteroatoms. The molecule has 6 nitrogen and oxygen atoms in total. The van der Waals surface area contributed by atoms with Crippen LogP contribution >= 0.6 is 0 Å². The van der Waals surface area contributed by atoms with E-state index in [2.05, 4.69) is 17.2 Å². The SMILES string of the molecule is C=CCNC(=O)C(=O)c1c(C)c(C(=O)Nc2ccc(C)c(F)c2)n(C)c1C. The molecule has 0 bridgehead atoms. The first-order chi connectivity index (χ1) is 12.7. The topological polar surface area (TPSA) is 80.2 Å². The lowest BCUT2D eigenvalue weighted by atomic mass is 10.0. The number of nitrogens with one attached hydrogen (secondary N) is 2. The first-order valence-corrected chi connectivity index (χ1v) is 8.35. The highest BCUT2D eigenvalue weighted by atomic mass is 19.1. The van der Waals surface area contributed by atoms with Gasteiger partial charge in [0.05, 0.1) is 5.56 Å². The number of carbonyl (C=O) groups is 3. The van der Waals surface area contributed by atoms with Gasteiger partial charge in [-0.1, -0.05) is 12.1 Å². The van der Waals surface area contributed by atoms with Gasteiger partial charge in [-0.05, 0) is 44.0 Å². The van der Waals surface area contributed by atoms with Gasteiger partial charge in [-0.25, -0.2) is 4.39 Å². The lowest BCUT2D eigenvalue weighted by molar-refractivity contribution is -0.116. The van der Waals surface area contributed by atoms with Crippen LogP contribution in [0.1, 0.15) is 37.7 Å². The number of halogens is 1. The molecule has 142 valence electrons. The van der Waals surface area contributed by atoms with Crippen LogP contribution in [0.15, 0.2) is 30.9 Å². The Balaban J connectivity index is 2.36. The molecule has 2 amide bonds. The summed E-state index contributed by atoms with van der Waals surface area (Å²) in [5.41, 5.74) is 2.06. The van der Waals surface area contributed by atoms with Crippen LogP contribution in [0.25, 0.3) is 0 Å². The molecule has 0 saturated carbocycles. The predicted molar refractivity (Wildman–Crippen MR) is 102 cm³/mol. The van der Waals surface area contributed by atoms with Crippen molar-refractivity contribution in [3.8, 4) is 0 Å². The Morgan fingerprint density at radius 1 is 1.22 bits per heavy atom. The Bertz CT molecular complexity index is 944. The first kappa shape index (κ1) is 20.1. The summed E-state index contributed by atoms with van der Waals surface area (Å²) in [6.45, 7) is 8.54. The normalized spacial score (nSPS) is 10.4. The van der Waals surface area contributed by atoms with Crippen LogP contribution < -0.4 is 10.6 Å². The van der Waals surface area contributed by atoms with Crippen molar-refractivity contribution < 1.29 is 18.8 Å². The van der Waals surface area contributed by atoms with Crippen LogP contribution in [-0.2, 0) is 11.8 Å². The number of aryl methyl sites for hydroxylation is 1. The van der Waals surface area contributed by atoms with Crippen molar-refractivity contribution >= 4 is 23.3 Å². The number of hydrogen-bond donors (Lipinski definition) is 2. The lowest BCUT2D eigenvalue weighted by Crippen LogP contribution is -2.31. The summed E-state index contributed by atoms with van der Waals surface area (Å²) < 4.78 is 15.2. The second-order valence-electron chi connectivity index (χ2n) is 6.24. The van der Waals surface area contributed by atoms with E-state index in [9.17, 15) is 18.8 Å². The van der Waals surface area contributed by atoms with Gasteiger partial charge < -0.3 is 15.2 Å². The Hall–Kier alpha value is -3.22. The number of aromatic nitrogens is 1. The van der Waals surface area contributed by atoms with E-state index in [1.54, 1.807) is 44.5 Å². The van der Waals surface area contributed by atoms with Gasteiger partial charge in [0.25, 0.3) is 17.6 Å². The van der Waals surface area contributed by atoms with E-state index in [1.807, 2.05) is 0 Å². The standard InChI is InChI=1S/C20H22FN3O3/c1-6-9-22-20(27)18(25)16-12(3)17(24(5)13(16)4)19(26)23-14-8-7-11(2)15(21)10-14/h6-8,10H,1,9H2,2-5H3,(H,22,27)(H,23,26). The highest BCUT2D eigenvalue weighted by Gasteiger charge is 2.28. The second-order valence-corrected chi connectivity index (χ2v) is 6.24. The number of carbonyl (C=O) groups excluding carboxylic acids is 3. The molecule has 0 spiro atoms. The maximum Gasteiger partial charge on any atom is 0.292 e. The number of rotatable bonds is 6. The minimum absolute atomic E-state index is 0.168. The van der Waals surface area contributed by atoms with E-state index >= 15 is 0 Å². The molecule has 2 N–H and O–H groups in total. The van der Waals surface area contributed by atoms with Gasteiger partial charge in [0.15, 0.2) is 0 Å². The van der Waals surface area contributed by atoms with Crippen molar-refractivity contribution in [3.05, 3.63) is 64.7 Å². The quantitative estimate of drug-likeness (QED) is 0.465. The number of benzene rings is 1. The zero-order chi connectivity index (χ0) is 20.3. The molecule has 2 aromatic rings. The van der Waals surface area contributed by atoms with Gasteiger partial charge in [0.2, 0.25) is 0 Å². The maximum atomic E-state index is 13.7. The number of nitrogens with zero attached hydrogens (tertiary/aromatic N) is 1. The fourth-order valence-corrected chi connectivity index (χ4v) is 2.85. The van der Waals surface area contributed by atoms with Crippen molar-refractivity contribution in [1.82, 2.24) is 9.88 Å². The molecule has 0 aliphatic rings. The summed E-state index contributed by atoms with van der Waals surface area (Å²) in [6.07, 6.45) is 1.47. The molecular formula is C20H22FN3O3. The van der Waals surface area contributed by atoms with Crippen molar-refractivity contribution in [3.63, 3.8) is 0 Å². The Labute approximate surface area is 157 Å². The summed E-state index contributed by atoms with van der Waals surface area (Å²) >= 11 is 0. The summed E-state index contributed by atoms with van der Waals surface area (Å²) in [4.78, 5) is 37.2. The van der Waals surface area contributed by atoms with Crippen LogP contribution in [0.3, 0.4) is 0 Å². The fourth-order valence-electron chi connectivity index (χ4n) is 2.85. The van der Waals surface area contributed by atoms with E-state index in [-0.39, 0.29) is 17.8 Å². The van der Waals surface area contributed by atoms with Gasteiger partial charge in [-0.3, -0.25) is 14.4 Å². The van der Waals surface area contributed by atoms with E-state index in [0.717, 1.165) is 0 Å². The van der Waals surface area contributed by atoms with E-state index in [4.69, 9.17) is 0 Å². The zero-order valence-corrected chi connectivity index (χ0v) is 15.8. The van der Waals surface area contributed by atoms with E-state index in [1.165, 1.54) is 12.1 Å². The Morgan fingerprint density at radius 3 is 2.48 bits per heavy atom. The fraction of sp³-hybridized carbons (Fsp3) is 0.250. The third-order valence-electron chi connectivity index (χ3n) is 4.42. The van der Waals surface area contributed by atoms with Crippen molar-refractivity contribution in [2.24, 2.45) is 7.05 Å². The van der Waals surface area contributed by atoms with Crippen LogP contribution in [0.4, 0.5) is 10.1 Å². The van der Waals surface area contributed by atoms with Gasteiger partial charge in [0.1, 0.15) is 11.5 Å². The third kappa shape index (κ3) is 3.97. The number of Topliss-reactive ketones (excluding diaryl/α,β-unsaturated/α-hetero) is 1. The minimum atomic E-state index is -0.765. The van der Waals surface area contributed by atoms with E-state index < -0.39 is 23.4 Å². The molecule has 1 aromatic carbocycles. The molecule has 0 atom stereocenters. The third-order valence-corrected chi connectivity index (χ3v) is 4.42. The largest absolute Gasteiger partial charge is 0.346 e. The minimum Gasteiger partial charge on any atom is -0.346 e. The monoisotopic (exact) mass is 371 g/mol. The van der Waals surface area contributed by atoms with Crippen LogP contribution in [0.2, 0.25) is 0 Å². The average molecular weight is 371 g/mol. The van der Waals surface area contributed by atoms with Gasteiger partial charge in [-0.2, -0.15) is 0 Å². The summed E-state index contributed by atoms with van der Waals surface area (Å²) in [6, 6.07) is 4.39. The summed E-state index contributed by atoms with van der Waals surface area (Å²) in [7, 11) is 1.63. The Morgan fingerprint density at radius 2 is 1.89 bits per heavy atom. The molecule has 1 heterocycles. The molecule has 0 radical (unpaired) electrons. The molecule has 0 fully saturated rings. The first-order valence-electron chi connectivity index (χ1n) is 8.35. The number of hydrogen-bond acceptors (Lipinski definition) is 3. The molecule has 0 unspecified atom stereocenters. The molecule has 1 aromatic heterocycles. The van der Waals surface area contributed by atoms with Gasteiger partial charge in [0, 0.05) is 25.0 Å². The van der Waals surface area contributed by atoms with Gasteiger partial charge in [-0.15, -0.1) is 6.58 Å². The summed E-state index contributed by atoms with van der Waals surface area (Å²) in [5.74, 6) is -2.41. The predicted octanol–water partition coefficient (Wildman–Crippen LogP) is 2.83. The molecule has 27 heavy (non-hydrogen) atoms. The number of ketones is 1. The van der Waals surface area contributed by atoms with Crippen molar-refractivity contribution in [2.45, 2.75) is 20.8 Å². The Kier molecular flexibility index (Phi) is 5.95. The second kappa shape index (κ2) is 7.99. The molecule has 0 saturated heterocycles. The molecule has 0 aliphatic carbocycles. The maximum absolute atomic E-state index is 13.7. The number of amides is 2. The smallest absolute Gasteiger partial charge is 0.292 e. The molecule has 2 rings (SSSR count). The lowest BCUT2D eigenvalue weighted by Gasteiger charge is -2.09. The van der Waals surface area contributed by atoms with Crippen molar-refractivity contribution in [1.29, 1.82) is 0 Å². The van der Waals surface area contributed by atoms with Crippen molar-refractivity contribution in [2.75, 3.05) is 11.9 Å². The average Bonchev–Trinajstić information content (AvgIpc) is 2.84. The van der Waals surface area contributed by atoms with Crippen LogP contribution in [-0.4, -0.2) is 28.7 Å². The van der Waals surface area contributed by atoms with Gasteiger partial charge >= 0.3 is 0 Å². The highest BCUT2D eigenvalue weighted by Crippen LogP contribution is 2.23. The van der Waals surface area contributed by atoms with E-state index in [0.29, 0.717) is 22.5 Å².